The molecule has 1 saturated heterocycles. The molecule has 0 amide bonds. The number of halogens is 2. The van der Waals surface area contributed by atoms with Crippen LogP contribution in [-0.2, 0) is 10.0 Å². The monoisotopic (exact) mass is 379 g/mol. The highest BCUT2D eigenvalue weighted by molar-refractivity contribution is 7.92. The van der Waals surface area contributed by atoms with Gasteiger partial charge in [0.15, 0.2) is 0 Å². The Kier molecular flexibility index (Phi) is 4.10. The van der Waals surface area contributed by atoms with Crippen LogP contribution >= 0.6 is 0 Å². The molecule has 5 nitrogen and oxygen atoms in total. The minimum Gasteiger partial charge on any atom is -0.356 e. The summed E-state index contributed by atoms with van der Waals surface area (Å²) >= 11 is 0. The van der Waals surface area contributed by atoms with Gasteiger partial charge < -0.3 is 4.90 Å². The fraction of sp³-hybridized carbons (Fsp3) is 0.389. The predicted molar refractivity (Wildman–Crippen MR) is 94.5 cm³/mol. The van der Waals surface area contributed by atoms with Crippen LogP contribution in [0.3, 0.4) is 0 Å². The Morgan fingerprint density at radius 3 is 2.42 bits per heavy atom. The Balaban J connectivity index is 1.51. The van der Waals surface area contributed by atoms with E-state index in [-0.39, 0.29) is 10.6 Å². The maximum atomic E-state index is 13.2. The number of anilines is 2. The lowest BCUT2D eigenvalue weighted by atomic mass is 9.95. The number of pyridine rings is 1. The summed E-state index contributed by atoms with van der Waals surface area (Å²) in [6.07, 6.45) is 6.16. The molecule has 0 unspecified atom stereocenters. The molecule has 1 N–H and O–H groups in total. The van der Waals surface area contributed by atoms with Crippen molar-refractivity contribution in [3.05, 3.63) is 48.2 Å². The van der Waals surface area contributed by atoms with Crippen LogP contribution in [0.15, 0.2) is 41.4 Å². The lowest BCUT2D eigenvalue weighted by molar-refractivity contribution is 0.393. The van der Waals surface area contributed by atoms with E-state index in [0.29, 0.717) is 11.5 Å². The van der Waals surface area contributed by atoms with Gasteiger partial charge in [0.05, 0.1) is 5.69 Å². The third-order valence-electron chi connectivity index (χ3n) is 5.09. The first-order chi connectivity index (χ1) is 12.4. The fourth-order valence-corrected chi connectivity index (χ4v) is 4.52. The summed E-state index contributed by atoms with van der Waals surface area (Å²) in [7, 11) is -3.97. The third-order valence-corrected chi connectivity index (χ3v) is 6.45. The first kappa shape index (κ1) is 17.2. The first-order valence-corrected chi connectivity index (χ1v) is 10.0. The maximum Gasteiger partial charge on any atom is 0.263 e. The van der Waals surface area contributed by atoms with Crippen LogP contribution in [0.1, 0.15) is 25.7 Å². The van der Waals surface area contributed by atoms with E-state index in [9.17, 15) is 17.2 Å². The van der Waals surface area contributed by atoms with E-state index >= 15 is 0 Å². The Morgan fingerprint density at radius 1 is 1.08 bits per heavy atom. The summed E-state index contributed by atoms with van der Waals surface area (Å²) in [5, 5.41) is 0. The number of hydrogen-bond donors (Lipinski definition) is 1. The second-order valence-electron chi connectivity index (χ2n) is 7.14. The average Bonchev–Trinajstić information content (AvgIpc) is 3.32. The Bertz CT molecular complexity index is 908. The van der Waals surface area contributed by atoms with Gasteiger partial charge in [-0.2, -0.15) is 0 Å². The molecule has 2 fully saturated rings. The molecule has 1 aliphatic heterocycles. The van der Waals surface area contributed by atoms with Gasteiger partial charge in [0.1, 0.15) is 22.3 Å². The van der Waals surface area contributed by atoms with E-state index in [1.54, 1.807) is 6.07 Å². The van der Waals surface area contributed by atoms with Crippen LogP contribution in [-0.4, -0.2) is 26.5 Å². The zero-order valence-corrected chi connectivity index (χ0v) is 14.9. The molecule has 0 atom stereocenters. The Labute approximate surface area is 151 Å². The topological polar surface area (TPSA) is 62.3 Å². The molecule has 1 aliphatic carbocycles. The average molecular weight is 379 g/mol. The fourth-order valence-electron chi connectivity index (χ4n) is 3.53. The van der Waals surface area contributed by atoms with Crippen LogP contribution in [0.25, 0.3) is 0 Å². The highest BCUT2D eigenvalue weighted by atomic mass is 32.2. The maximum absolute atomic E-state index is 13.2. The molecule has 1 saturated carbocycles. The van der Waals surface area contributed by atoms with Gasteiger partial charge in [-0.25, -0.2) is 22.2 Å². The van der Waals surface area contributed by atoms with Gasteiger partial charge in [-0.05, 0) is 55.4 Å². The Morgan fingerprint density at radius 2 is 1.81 bits per heavy atom. The summed E-state index contributed by atoms with van der Waals surface area (Å²) in [6.45, 7) is 1.88. The normalized spacial score (nSPS) is 18.8. The van der Waals surface area contributed by atoms with Crippen molar-refractivity contribution in [1.82, 2.24) is 4.98 Å². The quantitative estimate of drug-likeness (QED) is 0.883. The largest absolute Gasteiger partial charge is 0.356 e. The number of nitrogens with zero attached hydrogens (tertiary/aromatic N) is 2. The van der Waals surface area contributed by atoms with Crippen molar-refractivity contribution in [2.45, 2.75) is 30.6 Å². The van der Waals surface area contributed by atoms with Crippen molar-refractivity contribution in [3.8, 4) is 0 Å². The van der Waals surface area contributed by atoms with Gasteiger partial charge in [-0.1, -0.05) is 0 Å². The smallest absolute Gasteiger partial charge is 0.263 e. The van der Waals surface area contributed by atoms with Crippen LogP contribution in [0.5, 0.6) is 0 Å². The van der Waals surface area contributed by atoms with Gasteiger partial charge in [-0.15, -0.1) is 0 Å². The molecule has 2 aromatic rings. The third kappa shape index (κ3) is 3.51. The van der Waals surface area contributed by atoms with Gasteiger partial charge in [0, 0.05) is 25.4 Å². The zero-order valence-electron chi connectivity index (χ0n) is 14.1. The van der Waals surface area contributed by atoms with E-state index in [1.165, 1.54) is 31.5 Å². The number of hydrogen-bond acceptors (Lipinski definition) is 4. The van der Waals surface area contributed by atoms with Gasteiger partial charge in [0.25, 0.3) is 10.0 Å². The van der Waals surface area contributed by atoms with E-state index in [0.717, 1.165) is 37.5 Å². The minimum atomic E-state index is -3.97. The van der Waals surface area contributed by atoms with E-state index < -0.39 is 21.7 Å². The predicted octanol–water partition coefficient (Wildman–Crippen LogP) is 3.54. The van der Waals surface area contributed by atoms with Crippen molar-refractivity contribution in [2.24, 2.45) is 5.41 Å². The number of rotatable bonds is 4. The molecule has 2 heterocycles. The molecule has 1 spiro atoms. The van der Waals surface area contributed by atoms with Crippen molar-refractivity contribution >= 4 is 21.5 Å². The summed E-state index contributed by atoms with van der Waals surface area (Å²) in [4.78, 5) is 6.44. The SMILES string of the molecule is O=S(=O)(Nc1cc(F)cc(F)c1)c1ccc(N2CCCC3(CC3)C2)nc1. The molecular formula is C18H19F2N3O2S. The highest BCUT2D eigenvalue weighted by Crippen LogP contribution is 2.52. The minimum absolute atomic E-state index is 0.0518. The number of benzene rings is 1. The van der Waals surface area contributed by atoms with Crippen molar-refractivity contribution in [1.29, 1.82) is 0 Å². The number of piperidine rings is 1. The molecule has 0 bridgehead atoms. The van der Waals surface area contributed by atoms with Gasteiger partial charge >= 0.3 is 0 Å². The molecule has 1 aromatic heterocycles. The molecule has 138 valence electrons. The highest BCUT2D eigenvalue weighted by Gasteiger charge is 2.45. The molecule has 0 radical (unpaired) electrons. The summed E-state index contributed by atoms with van der Waals surface area (Å²) in [5.74, 6) is -0.947. The number of sulfonamides is 1. The lowest BCUT2D eigenvalue weighted by Gasteiger charge is -2.33. The van der Waals surface area contributed by atoms with E-state index in [4.69, 9.17) is 0 Å². The van der Waals surface area contributed by atoms with Gasteiger partial charge in [0.2, 0.25) is 0 Å². The molecule has 26 heavy (non-hydrogen) atoms. The second kappa shape index (κ2) is 6.19. The van der Waals surface area contributed by atoms with E-state index in [2.05, 4.69) is 14.6 Å². The van der Waals surface area contributed by atoms with Crippen LogP contribution in [0, 0.1) is 17.0 Å². The first-order valence-electron chi connectivity index (χ1n) is 8.55. The number of aromatic nitrogens is 1. The molecule has 8 heteroatoms. The van der Waals surface area contributed by atoms with Crippen molar-refractivity contribution in [3.63, 3.8) is 0 Å². The van der Waals surface area contributed by atoms with Crippen molar-refractivity contribution < 1.29 is 17.2 Å². The van der Waals surface area contributed by atoms with Crippen LogP contribution < -0.4 is 9.62 Å². The summed E-state index contributed by atoms with van der Waals surface area (Å²) in [5.41, 5.74) is 0.270. The van der Waals surface area contributed by atoms with Crippen LogP contribution in [0.4, 0.5) is 20.3 Å². The second-order valence-corrected chi connectivity index (χ2v) is 8.82. The summed E-state index contributed by atoms with van der Waals surface area (Å²) < 4.78 is 53.5. The molecule has 2 aliphatic rings. The summed E-state index contributed by atoms with van der Waals surface area (Å²) in [6, 6.07) is 5.67. The molecule has 1 aromatic carbocycles. The van der Waals surface area contributed by atoms with Gasteiger partial charge in [-0.3, -0.25) is 4.72 Å². The lowest BCUT2D eigenvalue weighted by Crippen LogP contribution is -2.36. The van der Waals surface area contributed by atoms with Crippen LogP contribution in [0.2, 0.25) is 0 Å². The Hall–Kier alpha value is -2.22. The number of nitrogens with one attached hydrogen (secondary N) is 1. The van der Waals surface area contributed by atoms with E-state index in [1.807, 2.05) is 0 Å². The molecule has 4 rings (SSSR count). The zero-order chi connectivity index (χ0) is 18.4. The standard InChI is InChI=1S/C18H19F2N3O2S/c19-13-8-14(20)10-15(9-13)22-26(24,25)16-2-3-17(21-11-16)23-7-1-4-18(12-23)5-6-18/h2-3,8-11,22H,1,4-7,12H2. The molecular weight excluding hydrogens is 360 g/mol. The van der Waals surface area contributed by atoms with Crippen molar-refractivity contribution in [2.75, 3.05) is 22.7 Å².